The van der Waals surface area contributed by atoms with Gasteiger partial charge in [0.25, 0.3) is 0 Å². The van der Waals surface area contributed by atoms with Crippen molar-refractivity contribution < 1.29 is 9.18 Å². The summed E-state index contributed by atoms with van der Waals surface area (Å²) in [5.41, 5.74) is 0.594. The lowest BCUT2D eigenvalue weighted by molar-refractivity contribution is -0.133. The van der Waals surface area contributed by atoms with Gasteiger partial charge in [0.05, 0.1) is 0 Å². The van der Waals surface area contributed by atoms with Crippen LogP contribution in [0.4, 0.5) is 4.39 Å². The van der Waals surface area contributed by atoms with Crippen LogP contribution in [-0.4, -0.2) is 66.9 Å². The molecule has 1 aliphatic heterocycles. The third-order valence-corrected chi connectivity index (χ3v) is 6.44. The maximum Gasteiger partial charge on any atom is 0.223 e. The molecule has 27 heavy (non-hydrogen) atoms. The molecule has 4 nitrogen and oxygen atoms in total. The first kappa shape index (κ1) is 20.7. The smallest absolute Gasteiger partial charge is 0.223 e. The Morgan fingerprint density at radius 1 is 1.22 bits per heavy atom. The second-order valence-electron chi connectivity index (χ2n) is 8.05. The fourth-order valence-corrected chi connectivity index (χ4v) is 4.40. The fourth-order valence-electron chi connectivity index (χ4n) is 4.07. The number of piperazine rings is 1. The van der Waals surface area contributed by atoms with Crippen LogP contribution in [0.1, 0.15) is 37.7 Å². The van der Waals surface area contributed by atoms with E-state index in [-0.39, 0.29) is 11.7 Å². The molecule has 0 atom stereocenters. The van der Waals surface area contributed by atoms with Crippen LogP contribution in [0.15, 0.2) is 22.7 Å². The summed E-state index contributed by atoms with van der Waals surface area (Å²) in [6, 6.07) is 5.11. The first-order valence-electron chi connectivity index (χ1n) is 10.1. The number of carbonyl (C=O) groups is 1. The van der Waals surface area contributed by atoms with Crippen LogP contribution in [-0.2, 0) is 11.3 Å². The molecule has 1 aliphatic carbocycles. The van der Waals surface area contributed by atoms with Gasteiger partial charge in [0.2, 0.25) is 5.91 Å². The lowest BCUT2D eigenvalue weighted by Crippen LogP contribution is -2.47. The molecule has 150 valence electrons. The Kier molecular flexibility index (Phi) is 7.67. The highest BCUT2D eigenvalue weighted by molar-refractivity contribution is 9.10. The van der Waals surface area contributed by atoms with Crippen LogP contribution in [0.25, 0.3) is 0 Å². The van der Waals surface area contributed by atoms with Gasteiger partial charge in [-0.1, -0.05) is 34.8 Å². The van der Waals surface area contributed by atoms with Gasteiger partial charge < -0.3 is 9.80 Å². The van der Waals surface area contributed by atoms with Crippen molar-refractivity contribution in [3.8, 4) is 0 Å². The van der Waals surface area contributed by atoms with Crippen LogP contribution >= 0.6 is 15.9 Å². The molecule has 3 rings (SSSR count). The molecule has 0 radical (unpaired) electrons. The predicted molar refractivity (Wildman–Crippen MR) is 110 cm³/mol. The second-order valence-corrected chi connectivity index (χ2v) is 8.97. The minimum atomic E-state index is -0.248. The molecular weight excluding hydrogens is 409 g/mol. The molecule has 6 heteroatoms. The largest absolute Gasteiger partial charge is 0.337 e. The average Bonchev–Trinajstić information content (AvgIpc) is 3.14. The van der Waals surface area contributed by atoms with Gasteiger partial charge in [-0.15, -0.1) is 0 Å². The number of hydrogen-bond donors (Lipinski definition) is 0. The Balaban J connectivity index is 1.62. The molecule has 1 saturated heterocycles. The van der Waals surface area contributed by atoms with Crippen molar-refractivity contribution in [2.75, 3.05) is 46.3 Å². The Morgan fingerprint density at radius 2 is 1.93 bits per heavy atom. The van der Waals surface area contributed by atoms with Gasteiger partial charge in [0.15, 0.2) is 0 Å². The SMILES string of the molecule is CN1CCN(CCN(Cc2ccc(Br)cc2F)C(=O)CC2CCCC2)CC1. The number of amides is 1. The molecule has 0 spiro atoms. The van der Waals surface area contributed by atoms with E-state index in [9.17, 15) is 9.18 Å². The highest BCUT2D eigenvalue weighted by atomic mass is 79.9. The van der Waals surface area contributed by atoms with Crippen molar-refractivity contribution in [2.45, 2.75) is 38.6 Å². The molecule has 1 aromatic rings. The predicted octanol–water partition coefficient (Wildman–Crippen LogP) is 3.74. The van der Waals surface area contributed by atoms with Gasteiger partial charge in [-0.05, 0) is 37.9 Å². The fraction of sp³-hybridized carbons (Fsp3) is 0.667. The summed E-state index contributed by atoms with van der Waals surface area (Å²) in [5.74, 6) is 0.444. The standard InChI is InChI=1S/C21H31BrFN3O/c1-24-8-10-25(11-9-24)12-13-26(21(27)14-17-4-2-3-5-17)16-18-6-7-19(22)15-20(18)23/h6-7,15,17H,2-5,8-14,16H2,1H3. The summed E-state index contributed by atoms with van der Waals surface area (Å²) in [6.07, 6.45) is 5.40. The van der Waals surface area contributed by atoms with Crippen LogP contribution in [0.5, 0.6) is 0 Å². The zero-order chi connectivity index (χ0) is 19.2. The lowest BCUT2D eigenvalue weighted by atomic mass is 10.0. The maximum atomic E-state index is 14.3. The third kappa shape index (κ3) is 6.26. The van der Waals surface area contributed by atoms with Crippen LogP contribution in [0.3, 0.4) is 0 Å². The van der Waals surface area contributed by atoms with Crippen LogP contribution < -0.4 is 0 Å². The molecule has 1 heterocycles. The number of carbonyl (C=O) groups excluding carboxylic acids is 1. The molecule has 2 aliphatic rings. The van der Waals surface area contributed by atoms with E-state index < -0.39 is 0 Å². The Morgan fingerprint density at radius 3 is 2.59 bits per heavy atom. The van der Waals surface area contributed by atoms with Gasteiger partial charge >= 0.3 is 0 Å². The number of halogens is 2. The van der Waals surface area contributed by atoms with Crippen LogP contribution in [0, 0.1) is 11.7 Å². The Labute approximate surface area is 170 Å². The first-order valence-corrected chi connectivity index (χ1v) is 10.9. The normalized spacial score (nSPS) is 19.5. The Hall–Kier alpha value is -0.980. The highest BCUT2D eigenvalue weighted by Gasteiger charge is 2.24. The van der Waals surface area contributed by atoms with Crippen LogP contribution in [0.2, 0.25) is 0 Å². The number of hydrogen-bond acceptors (Lipinski definition) is 3. The molecule has 0 bridgehead atoms. The topological polar surface area (TPSA) is 26.8 Å². The van der Waals surface area contributed by atoms with E-state index in [1.807, 2.05) is 11.0 Å². The summed E-state index contributed by atoms with van der Waals surface area (Å²) < 4.78 is 15.1. The van der Waals surface area contributed by atoms with E-state index in [1.54, 1.807) is 6.07 Å². The van der Waals surface area contributed by atoms with E-state index in [0.29, 0.717) is 31.0 Å². The summed E-state index contributed by atoms with van der Waals surface area (Å²) in [6.45, 7) is 6.10. The summed E-state index contributed by atoms with van der Waals surface area (Å²) in [7, 11) is 2.14. The van der Waals surface area contributed by atoms with Gasteiger partial charge in [-0.25, -0.2) is 4.39 Å². The Bertz CT molecular complexity index is 628. The number of rotatable bonds is 7. The van der Waals surface area contributed by atoms with Crippen molar-refractivity contribution >= 4 is 21.8 Å². The van der Waals surface area contributed by atoms with E-state index in [2.05, 4.69) is 32.8 Å². The second kappa shape index (κ2) is 9.99. The molecule has 0 unspecified atom stereocenters. The zero-order valence-electron chi connectivity index (χ0n) is 16.3. The molecule has 0 N–H and O–H groups in total. The van der Waals surface area contributed by atoms with E-state index in [1.165, 1.54) is 18.9 Å². The average molecular weight is 440 g/mol. The molecular formula is C21H31BrFN3O. The quantitative estimate of drug-likeness (QED) is 0.647. The number of nitrogens with zero attached hydrogens (tertiary/aromatic N) is 3. The summed E-state index contributed by atoms with van der Waals surface area (Å²) in [4.78, 5) is 19.6. The molecule has 1 saturated carbocycles. The highest BCUT2D eigenvalue weighted by Crippen LogP contribution is 2.28. The number of likely N-dealkylation sites (N-methyl/N-ethyl adjacent to an activating group) is 1. The molecule has 1 aromatic carbocycles. The van der Waals surface area contributed by atoms with E-state index >= 15 is 0 Å². The molecule has 1 amide bonds. The van der Waals surface area contributed by atoms with Crippen molar-refractivity contribution in [2.24, 2.45) is 5.92 Å². The maximum absolute atomic E-state index is 14.3. The number of benzene rings is 1. The van der Waals surface area contributed by atoms with Gasteiger partial charge in [-0.2, -0.15) is 0 Å². The van der Waals surface area contributed by atoms with Gasteiger partial charge in [-0.3, -0.25) is 9.69 Å². The third-order valence-electron chi connectivity index (χ3n) is 5.95. The summed E-state index contributed by atoms with van der Waals surface area (Å²) in [5, 5.41) is 0. The van der Waals surface area contributed by atoms with Crippen molar-refractivity contribution in [1.82, 2.24) is 14.7 Å². The minimum Gasteiger partial charge on any atom is -0.337 e. The molecule has 2 fully saturated rings. The summed E-state index contributed by atoms with van der Waals surface area (Å²) >= 11 is 3.31. The van der Waals surface area contributed by atoms with Gasteiger partial charge in [0.1, 0.15) is 5.82 Å². The van der Waals surface area contributed by atoms with E-state index in [4.69, 9.17) is 0 Å². The monoisotopic (exact) mass is 439 g/mol. The minimum absolute atomic E-state index is 0.179. The van der Waals surface area contributed by atoms with Crippen molar-refractivity contribution in [1.29, 1.82) is 0 Å². The van der Waals surface area contributed by atoms with E-state index in [0.717, 1.165) is 50.0 Å². The first-order chi connectivity index (χ1) is 13.0. The van der Waals surface area contributed by atoms with Crippen molar-refractivity contribution in [3.63, 3.8) is 0 Å². The lowest BCUT2D eigenvalue weighted by Gasteiger charge is -2.34. The van der Waals surface area contributed by atoms with Crippen molar-refractivity contribution in [3.05, 3.63) is 34.1 Å². The van der Waals surface area contributed by atoms with Gasteiger partial charge in [0, 0.05) is 62.3 Å². The molecule has 0 aromatic heterocycles. The zero-order valence-corrected chi connectivity index (χ0v) is 17.9.